The first kappa shape index (κ1) is 17.9. The molecule has 0 radical (unpaired) electrons. The number of hydrogen-bond acceptors (Lipinski definition) is 2. The number of rotatable bonds is 2. The Morgan fingerprint density at radius 2 is 0.800 bits per heavy atom. The van der Waals surface area contributed by atoms with Crippen LogP contribution in [0.25, 0.3) is 51.8 Å². The third kappa shape index (κ3) is 2.87. The molecule has 0 fully saturated rings. The van der Waals surface area contributed by atoms with Gasteiger partial charge in [0.1, 0.15) is 0 Å². The van der Waals surface area contributed by atoms with Crippen molar-refractivity contribution in [2.75, 3.05) is 0 Å². The Kier molecular flexibility index (Phi) is 4.05. The number of aryl methyl sites for hydroxylation is 2. The highest BCUT2D eigenvalue weighted by molar-refractivity contribution is 7.36. The fraction of sp³-hybridized carbons (Fsp3) is 0.0714. The lowest BCUT2D eigenvalue weighted by atomic mass is 10.0. The Labute approximate surface area is 184 Å². The molecule has 6 aromatic rings. The molecule has 0 saturated carbocycles. The van der Waals surface area contributed by atoms with Crippen molar-refractivity contribution in [2.24, 2.45) is 0 Å². The van der Waals surface area contributed by atoms with Crippen molar-refractivity contribution >= 4 is 52.2 Å². The number of benzene rings is 4. The van der Waals surface area contributed by atoms with Gasteiger partial charge in [-0.1, -0.05) is 83.9 Å². The topological polar surface area (TPSA) is 0 Å². The van der Waals surface area contributed by atoms with Gasteiger partial charge in [-0.2, -0.15) is 0 Å². The maximum Gasteiger partial charge on any atom is 0.0542 e. The summed E-state index contributed by atoms with van der Waals surface area (Å²) in [4.78, 5) is 0. The molecule has 144 valence electrons. The van der Waals surface area contributed by atoms with Crippen molar-refractivity contribution in [3.8, 4) is 22.3 Å². The second kappa shape index (κ2) is 6.80. The minimum absolute atomic E-state index is 1.28. The lowest BCUT2D eigenvalue weighted by molar-refractivity contribution is 1.47. The van der Waals surface area contributed by atoms with Crippen molar-refractivity contribution in [3.05, 3.63) is 96.1 Å². The van der Waals surface area contributed by atoms with Gasteiger partial charge in [-0.25, -0.2) is 0 Å². The molecule has 0 spiro atoms. The van der Waals surface area contributed by atoms with Crippen LogP contribution in [0.3, 0.4) is 0 Å². The molecule has 0 aliphatic heterocycles. The predicted molar refractivity (Wildman–Crippen MR) is 135 cm³/mol. The van der Waals surface area contributed by atoms with E-state index in [1.54, 1.807) is 0 Å². The average Bonchev–Trinajstić information content (AvgIpc) is 3.29. The van der Waals surface area contributed by atoms with E-state index in [2.05, 4.69) is 98.8 Å². The van der Waals surface area contributed by atoms with Crippen LogP contribution in [0.15, 0.2) is 84.9 Å². The van der Waals surface area contributed by atoms with Crippen LogP contribution in [0, 0.1) is 13.8 Å². The quantitative estimate of drug-likeness (QED) is 0.262. The lowest BCUT2D eigenvalue weighted by Gasteiger charge is -2.03. The predicted octanol–water partition coefficient (Wildman–Crippen LogP) is 9.22. The minimum atomic E-state index is 1.28. The zero-order chi connectivity index (χ0) is 20.2. The van der Waals surface area contributed by atoms with E-state index >= 15 is 0 Å². The Morgan fingerprint density at radius 3 is 1.20 bits per heavy atom. The van der Waals surface area contributed by atoms with Gasteiger partial charge in [0.05, 0.1) is 9.40 Å². The standard InChI is InChI=1S/C28H20S2/c1-17-3-7-19(8-4-17)21-11-13-23-25(15-21)29-28-24-14-12-22(16-26(24)30-27(23)28)20-9-5-18(2)6-10-20/h3-16H,1-2H3. The molecular weight excluding hydrogens is 400 g/mol. The van der Waals surface area contributed by atoms with Gasteiger partial charge >= 0.3 is 0 Å². The molecule has 0 saturated heterocycles. The Hall–Kier alpha value is -2.94. The van der Waals surface area contributed by atoms with Crippen LogP contribution < -0.4 is 0 Å². The van der Waals surface area contributed by atoms with Gasteiger partial charge in [-0.3, -0.25) is 0 Å². The van der Waals surface area contributed by atoms with E-state index in [4.69, 9.17) is 0 Å². The summed E-state index contributed by atoms with van der Waals surface area (Å²) in [5.41, 5.74) is 7.75. The van der Waals surface area contributed by atoms with E-state index in [1.165, 1.54) is 63.0 Å². The van der Waals surface area contributed by atoms with Crippen LogP contribution >= 0.6 is 22.7 Å². The Balaban J connectivity index is 1.48. The molecule has 4 aromatic carbocycles. The largest absolute Gasteiger partial charge is 0.134 e. The van der Waals surface area contributed by atoms with Crippen molar-refractivity contribution < 1.29 is 0 Å². The summed E-state index contributed by atoms with van der Waals surface area (Å²) in [5, 5.41) is 2.76. The minimum Gasteiger partial charge on any atom is -0.134 e. The van der Waals surface area contributed by atoms with Crippen molar-refractivity contribution in [2.45, 2.75) is 13.8 Å². The monoisotopic (exact) mass is 420 g/mol. The molecule has 0 aliphatic carbocycles. The first-order chi connectivity index (χ1) is 14.7. The molecular formula is C28H20S2. The maximum absolute atomic E-state index is 2.35. The molecule has 0 nitrogen and oxygen atoms in total. The zero-order valence-electron chi connectivity index (χ0n) is 16.9. The highest BCUT2D eigenvalue weighted by Gasteiger charge is 2.13. The number of fused-ring (bicyclic) bond motifs is 5. The van der Waals surface area contributed by atoms with E-state index in [9.17, 15) is 0 Å². The van der Waals surface area contributed by atoms with Gasteiger partial charge in [-0.05, 0) is 48.2 Å². The summed E-state index contributed by atoms with van der Waals surface area (Å²) >= 11 is 3.85. The first-order valence-corrected chi connectivity index (χ1v) is 11.8. The SMILES string of the molecule is Cc1ccc(-c2ccc3c(c2)sc2c4ccc(-c5ccc(C)cc5)cc4sc32)cc1. The van der Waals surface area contributed by atoms with Crippen LogP contribution in [-0.4, -0.2) is 0 Å². The zero-order valence-corrected chi connectivity index (χ0v) is 18.5. The Morgan fingerprint density at radius 1 is 0.433 bits per heavy atom. The maximum atomic E-state index is 2.35. The van der Waals surface area contributed by atoms with Gasteiger partial charge in [0.15, 0.2) is 0 Å². The van der Waals surface area contributed by atoms with Gasteiger partial charge in [-0.15, -0.1) is 22.7 Å². The van der Waals surface area contributed by atoms with Gasteiger partial charge < -0.3 is 0 Å². The van der Waals surface area contributed by atoms with Crippen LogP contribution in [0.2, 0.25) is 0 Å². The van der Waals surface area contributed by atoms with Gasteiger partial charge in [0, 0.05) is 20.2 Å². The molecule has 2 heterocycles. The molecule has 0 atom stereocenters. The molecule has 0 aliphatic rings. The lowest BCUT2D eigenvalue weighted by Crippen LogP contribution is -1.78. The summed E-state index contributed by atoms with van der Waals surface area (Å²) in [6.45, 7) is 4.27. The fourth-order valence-corrected chi connectivity index (χ4v) is 6.84. The number of thiophene rings is 2. The second-order valence-corrected chi connectivity index (χ2v) is 10.1. The molecule has 2 heteroatoms. The highest BCUT2D eigenvalue weighted by atomic mass is 32.1. The van der Waals surface area contributed by atoms with Crippen molar-refractivity contribution in [1.82, 2.24) is 0 Å². The third-order valence-electron chi connectivity index (χ3n) is 5.85. The molecule has 0 N–H and O–H groups in total. The van der Waals surface area contributed by atoms with E-state index in [0.29, 0.717) is 0 Å². The van der Waals surface area contributed by atoms with E-state index in [-0.39, 0.29) is 0 Å². The third-order valence-corrected chi connectivity index (χ3v) is 8.35. The molecule has 0 bridgehead atoms. The van der Waals surface area contributed by atoms with Crippen LogP contribution in [-0.2, 0) is 0 Å². The number of hydrogen-bond donors (Lipinski definition) is 0. The summed E-state index contributed by atoms with van der Waals surface area (Å²) in [6.07, 6.45) is 0. The van der Waals surface area contributed by atoms with E-state index in [1.807, 2.05) is 22.7 Å². The molecule has 2 aromatic heterocycles. The smallest absolute Gasteiger partial charge is 0.0542 e. The van der Waals surface area contributed by atoms with E-state index < -0.39 is 0 Å². The van der Waals surface area contributed by atoms with Crippen LogP contribution in [0.4, 0.5) is 0 Å². The molecule has 0 amide bonds. The van der Waals surface area contributed by atoms with Gasteiger partial charge in [0.25, 0.3) is 0 Å². The van der Waals surface area contributed by atoms with Gasteiger partial charge in [0.2, 0.25) is 0 Å². The van der Waals surface area contributed by atoms with E-state index in [0.717, 1.165) is 0 Å². The molecule has 0 unspecified atom stereocenters. The Bertz CT molecular complexity index is 1410. The first-order valence-electron chi connectivity index (χ1n) is 10.2. The second-order valence-electron chi connectivity index (χ2n) is 8.02. The summed E-state index contributed by atoms with van der Waals surface area (Å²) < 4.78 is 5.58. The summed E-state index contributed by atoms with van der Waals surface area (Å²) in [6, 6.07) is 31.5. The van der Waals surface area contributed by atoms with Crippen LogP contribution in [0.1, 0.15) is 11.1 Å². The van der Waals surface area contributed by atoms with Crippen molar-refractivity contribution in [3.63, 3.8) is 0 Å². The fourth-order valence-electron chi connectivity index (χ4n) is 4.11. The summed E-state index contributed by atoms with van der Waals surface area (Å²) in [7, 11) is 0. The highest BCUT2D eigenvalue weighted by Crippen LogP contribution is 2.45. The summed E-state index contributed by atoms with van der Waals surface area (Å²) in [5.74, 6) is 0. The van der Waals surface area contributed by atoms with Crippen molar-refractivity contribution in [1.29, 1.82) is 0 Å². The average molecular weight is 421 g/mol. The molecule has 30 heavy (non-hydrogen) atoms. The molecule has 6 rings (SSSR count). The normalized spacial score (nSPS) is 11.7. The van der Waals surface area contributed by atoms with Crippen LogP contribution in [0.5, 0.6) is 0 Å².